The van der Waals surface area contributed by atoms with Crippen molar-refractivity contribution in [1.82, 2.24) is 0 Å². The van der Waals surface area contributed by atoms with Gasteiger partial charge >= 0.3 is 0 Å². The molecule has 1 unspecified atom stereocenters. The van der Waals surface area contributed by atoms with Crippen molar-refractivity contribution in [1.29, 1.82) is 5.26 Å². The van der Waals surface area contributed by atoms with E-state index in [4.69, 9.17) is 0 Å². The summed E-state index contributed by atoms with van der Waals surface area (Å²) in [5.74, 6) is 0. The number of aliphatic imine (C=N–C) groups is 1. The highest BCUT2D eigenvalue weighted by Crippen LogP contribution is 2.13. The Balaban J connectivity index is 2.40. The predicted octanol–water partition coefficient (Wildman–Crippen LogP) is 4.55. The summed E-state index contributed by atoms with van der Waals surface area (Å²) in [4.78, 5) is 4.68. The van der Waals surface area contributed by atoms with Crippen molar-refractivity contribution in [3.8, 4) is 6.07 Å². The summed E-state index contributed by atoms with van der Waals surface area (Å²) < 4.78 is 0. The van der Waals surface area contributed by atoms with Gasteiger partial charge in [-0.2, -0.15) is 5.26 Å². The number of hydrogen-bond acceptors (Lipinski definition) is 2. The summed E-state index contributed by atoms with van der Waals surface area (Å²) in [5, 5.41) is 9.35. The Morgan fingerprint density at radius 3 is 2.05 bits per heavy atom. The minimum atomic E-state index is -0.411. The smallest absolute Gasteiger partial charge is 0.140 e. The van der Waals surface area contributed by atoms with E-state index in [0.717, 1.165) is 16.8 Å². The van der Waals surface area contributed by atoms with Gasteiger partial charge in [0.2, 0.25) is 0 Å². The van der Waals surface area contributed by atoms with Crippen molar-refractivity contribution in [3.63, 3.8) is 0 Å². The van der Waals surface area contributed by atoms with Gasteiger partial charge in [0, 0.05) is 17.5 Å². The van der Waals surface area contributed by atoms with Gasteiger partial charge in [0.1, 0.15) is 6.04 Å². The summed E-state index contributed by atoms with van der Waals surface area (Å²) in [6, 6.07) is 21.8. The average molecular weight is 286 g/mol. The number of allylic oxidation sites excluding steroid dienone is 2. The Kier molecular flexibility index (Phi) is 5.90. The maximum absolute atomic E-state index is 9.35. The second-order valence-corrected chi connectivity index (χ2v) is 4.75. The van der Waals surface area contributed by atoms with Gasteiger partial charge in [0.25, 0.3) is 0 Å². The quantitative estimate of drug-likeness (QED) is 0.567. The number of rotatable bonds is 6. The van der Waals surface area contributed by atoms with Gasteiger partial charge in [-0.25, -0.2) is 0 Å². The lowest BCUT2D eigenvalue weighted by molar-refractivity contribution is 0.850. The Hall–Kier alpha value is -2.92. The van der Waals surface area contributed by atoms with E-state index in [9.17, 15) is 5.26 Å². The Bertz CT molecular complexity index is 650. The van der Waals surface area contributed by atoms with Gasteiger partial charge in [0.15, 0.2) is 0 Å². The standard InChI is InChI=1S/C20H18N2/c1-2-3-6-15-19(16-21)22-20(17-11-7-4-8-12-17)18-13-9-5-10-14-18/h2-14,19H,1,15H2. The molecule has 0 aromatic heterocycles. The molecule has 2 heteroatoms. The first-order valence-electron chi connectivity index (χ1n) is 7.21. The minimum Gasteiger partial charge on any atom is -0.265 e. The molecular formula is C20H18N2. The fourth-order valence-electron chi connectivity index (χ4n) is 2.10. The molecular weight excluding hydrogens is 268 g/mol. The third kappa shape index (κ3) is 4.29. The molecule has 0 N–H and O–H groups in total. The van der Waals surface area contributed by atoms with Crippen LogP contribution in [0.4, 0.5) is 0 Å². The number of nitriles is 1. The fourth-order valence-corrected chi connectivity index (χ4v) is 2.10. The summed E-state index contributed by atoms with van der Waals surface area (Å²) in [6.07, 6.45) is 6.03. The molecule has 0 aliphatic heterocycles. The third-order valence-electron chi connectivity index (χ3n) is 3.16. The lowest BCUT2D eigenvalue weighted by Gasteiger charge is -2.09. The molecule has 0 saturated carbocycles. The number of benzene rings is 2. The molecule has 108 valence electrons. The van der Waals surface area contributed by atoms with E-state index in [2.05, 4.69) is 17.6 Å². The van der Waals surface area contributed by atoms with Gasteiger partial charge < -0.3 is 0 Å². The summed E-state index contributed by atoms with van der Waals surface area (Å²) in [5.41, 5.74) is 2.88. The predicted molar refractivity (Wildman–Crippen MR) is 91.9 cm³/mol. The molecule has 0 radical (unpaired) electrons. The maximum atomic E-state index is 9.35. The molecule has 0 bridgehead atoms. The topological polar surface area (TPSA) is 36.1 Å². The van der Waals surface area contributed by atoms with Crippen LogP contribution >= 0.6 is 0 Å². The molecule has 0 heterocycles. The molecule has 0 saturated heterocycles. The molecule has 1 atom stereocenters. The van der Waals surface area contributed by atoms with Crippen molar-refractivity contribution >= 4 is 5.71 Å². The first-order chi connectivity index (χ1) is 10.8. The highest BCUT2D eigenvalue weighted by molar-refractivity contribution is 6.13. The van der Waals surface area contributed by atoms with E-state index in [1.165, 1.54) is 0 Å². The summed E-state index contributed by atoms with van der Waals surface area (Å²) in [6.45, 7) is 3.63. The maximum Gasteiger partial charge on any atom is 0.140 e. The first-order valence-corrected chi connectivity index (χ1v) is 7.21. The lowest BCUT2D eigenvalue weighted by Crippen LogP contribution is -2.09. The highest BCUT2D eigenvalue weighted by atomic mass is 14.8. The third-order valence-corrected chi connectivity index (χ3v) is 3.16. The van der Waals surface area contributed by atoms with Crippen molar-refractivity contribution in [2.75, 3.05) is 0 Å². The van der Waals surface area contributed by atoms with E-state index in [0.29, 0.717) is 6.42 Å². The Morgan fingerprint density at radius 1 is 1.05 bits per heavy atom. The van der Waals surface area contributed by atoms with Crippen molar-refractivity contribution in [2.24, 2.45) is 4.99 Å². The first kappa shape index (κ1) is 15.5. The van der Waals surface area contributed by atoms with Crippen LogP contribution in [-0.2, 0) is 0 Å². The van der Waals surface area contributed by atoms with Gasteiger partial charge in [-0.15, -0.1) is 0 Å². The van der Waals surface area contributed by atoms with Crippen LogP contribution in [0.1, 0.15) is 17.5 Å². The van der Waals surface area contributed by atoms with Gasteiger partial charge in [-0.1, -0.05) is 85.5 Å². The monoisotopic (exact) mass is 286 g/mol. The lowest BCUT2D eigenvalue weighted by atomic mass is 10.0. The van der Waals surface area contributed by atoms with Gasteiger partial charge in [0.05, 0.1) is 11.8 Å². The number of hydrogen-bond donors (Lipinski definition) is 0. The molecule has 2 aromatic carbocycles. The van der Waals surface area contributed by atoms with Crippen molar-refractivity contribution in [2.45, 2.75) is 12.5 Å². The largest absolute Gasteiger partial charge is 0.265 e. The molecule has 2 aromatic rings. The van der Waals surface area contributed by atoms with E-state index in [-0.39, 0.29) is 0 Å². The average Bonchev–Trinajstić information content (AvgIpc) is 2.59. The van der Waals surface area contributed by atoms with Crippen LogP contribution in [0.25, 0.3) is 0 Å². The molecule has 0 aliphatic carbocycles. The minimum absolute atomic E-state index is 0.411. The Labute approximate surface area is 131 Å². The van der Waals surface area contributed by atoms with Gasteiger partial charge in [-0.3, -0.25) is 4.99 Å². The zero-order valence-corrected chi connectivity index (χ0v) is 12.4. The van der Waals surface area contributed by atoms with E-state index in [1.807, 2.05) is 72.8 Å². The van der Waals surface area contributed by atoms with Crippen LogP contribution in [0, 0.1) is 11.3 Å². The molecule has 2 nitrogen and oxygen atoms in total. The summed E-state index contributed by atoms with van der Waals surface area (Å²) >= 11 is 0. The van der Waals surface area contributed by atoms with Crippen LogP contribution in [0.2, 0.25) is 0 Å². The fraction of sp³-hybridized carbons (Fsp3) is 0.100. The van der Waals surface area contributed by atoms with Gasteiger partial charge in [-0.05, 0) is 0 Å². The molecule has 0 fully saturated rings. The molecule has 2 rings (SSSR count). The zero-order valence-electron chi connectivity index (χ0n) is 12.4. The molecule has 0 amide bonds. The van der Waals surface area contributed by atoms with Crippen LogP contribution in [0.5, 0.6) is 0 Å². The van der Waals surface area contributed by atoms with Crippen molar-refractivity contribution < 1.29 is 0 Å². The van der Waals surface area contributed by atoms with Crippen LogP contribution in [0.3, 0.4) is 0 Å². The van der Waals surface area contributed by atoms with Crippen LogP contribution < -0.4 is 0 Å². The van der Waals surface area contributed by atoms with E-state index in [1.54, 1.807) is 6.08 Å². The SMILES string of the molecule is C=CC=CCC(C#N)N=C(c1ccccc1)c1ccccc1. The molecule has 0 aliphatic rings. The van der Waals surface area contributed by atoms with E-state index < -0.39 is 6.04 Å². The van der Waals surface area contributed by atoms with Crippen LogP contribution in [-0.4, -0.2) is 11.8 Å². The normalized spacial score (nSPS) is 11.6. The summed E-state index contributed by atoms with van der Waals surface area (Å²) in [7, 11) is 0. The van der Waals surface area contributed by atoms with E-state index >= 15 is 0 Å². The second kappa shape index (κ2) is 8.39. The Morgan fingerprint density at radius 2 is 1.59 bits per heavy atom. The van der Waals surface area contributed by atoms with Crippen molar-refractivity contribution in [3.05, 3.63) is 96.6 Å². The molecule has 22 heavy (non-hydrogen) atoms. The second-order valence-electron chi connectivity index (χ2n) is 4.75. The highest BCUT2D eigenvalue weighted by Gasteiger charge is 2.10. The number of nitrogens with zero attached hydrogens (tertiary/aromatic N) is 2. The zero-order chi connectivity index (χ0) is 15.6. The molecule has 0 spiro atoms. The van der Waals surface area contributed by atoms with Crippen LogP contribution in [0.15, 0.2) is 90.5 Å².